The predicted molar refractivity (Wildman–Crippen MR) is 123 cm³/mol. The Kier molecular flexibility index (Phi) is 8.21. The molecule has 6 heteroatoms. The molecule has 0 radical (unpaired) electrons. The largest absolute Gasteiger partial charge is 0.493 e. The molecule has 0 aliphatic rings. The van der Waals surface area contributed by atoms with Gasteiger partial charge in [-0.1, -0.05) is 51.1 Å². The number of methoxy groups -OCH3 is 1. The van der Waals surface area contributed by atoms with E-state index in [1.165, 1.54) is 5.56 Å². The fraction of sp³-hybridized carbons (Fsp3) is 0.304. The number of hydrazone groups is 1. The van der Waals surface area contributed by atoms with Crippen molar-refractivity contribution in [3.63, 3.8) is 0 Å². The van der Waals surface area contributed by atoms with Crippen LogP contribution in [0, 0.1) is 0 Å². The molecule has 2 aromatic carbocycles. The van der Waals surface area contributed by atoms with Crippen molar-refractivity contribution in [1.29, 1.82) is 0 Å². The fourth-order valence-corrected chi connectivity index (χ4v) is 2.69. The zero-order valence-corrected chi connectivity index (χ0v) is 18.4. The summed E-state index contributed by atoms with van der Waals surface area (Å²) in [6.07, 6.45) is 3.53. The minimum Gasteiger partial charge on any atom is -0.493 e. The maximum Gasteiger partial charge on any atom is 0.224 e. The van der Waals surface area contributed by atoms with Crippen LogP contribution in [0.1, 0.15) is 37.5 Å². The molecule has 0 amide bonds. The molecule has 0 saturated heterocycles. The Labute approximate surface area is 178 Å². The first-order valence-electron chi connectivity index (χ1n) is 9.47. The molecule has 0 aromatic heterocycles. The SMILES string of the molecule is C=CCNC(=S)N[NH+]=Cc1ccc(OCc2ccc(C(C)(C)C)cc2)c(OC)c1. The fourth-order valence-electron chi connectivity index (χ4n) is 2.55. The van der Waals surface area contributed by atoms with Crippen molar-refractivity contribution >= 4 is 23.5 Å². The summed E-state index contributed by atoms with van der Waals surface area (Å²) in [4.78, 5) is 0. The Hall–Kier alpha value is -2.86. The molecule has 0 atom stereocenters. The van der Waals surface area contributed by atoms with Crippen molar-refractivity contribution in [2.45, 2.75) is 32.8 Å². The molecule has 29 heavy (non-hydrogen) atoms. The molecule has 2 rings (SSSR count). The molecule has 0 aliphatic heterocycles. The van der Waals surface area contributed by atoms with E-state index in [0.717, 1.165) is 11.1 Å². The lowest BCUT2D eigenvalue weighted by Crippen LogP contribution is -2.82. The predicted octanol–water partition coefficient (Wildman–Crippen LogP) is 2.64. The van der Waals surface area contributed by atoms with E-state index >= 15 is 0 Å². The van der Waals surface area contributed by atoms with Crippen LogP contribution in [0.5, 0.6) is 11.5 Å². The third kappa shape index (κ3) is 7.23. The molecule has 0 fully saturated rings. The first-order chi connectivity index (χ1) is 13.8. The zero-order valence-electron chi connectivity index (χ0n) is 17.5. The van der Waals surface area contributed by atoms with E-state index in [9.17, 15) is 0 Å². The van der Waals surface area contributed by atoms with Crippen LogP contribution in [0.2, 0.25) is 0 Å². The Morgan fingerprint density at radius 3 is 2.48 bits per heavy atom. The second kappa shape index (κ2) is 10.6. The Bertz CT molecular complexity index is 855. The van der Waals surface area contributed by atoms with Gasteiger partial charge < -0.3 is 14.8 Å². The van der Waals surface area contributed by atoms with Gasteiger partial charge in [0.1, 0.15) is 6.61 Å². The maximum atomic E-state index is 5.97. The van der Waals surface area contributed by atoms with E-state index in [0.29, 0.717) is 29.8 Å². The lowest BCUT2D eigenvalue weighted by molar-refractivity contribution is -0.500. The van der Waals surface area contributed by atoms with Crippen LogP contribution in [0.15, 0.2) is 55.1 Å². The molecule has 0 aliphatic carbocycles. The number of benzene rings is 2. The van der Waals surface area contributed by atoms with Crippen molar-refractivity contribution < 1.29 is 14.6 Å². The second-order valence-corrected chi connectivity index (χ2v) is 7.97. The van der Waals surface area contributed by atoms with Crippen LogP contribution < -0.4 is 25.3 Å². The Balaban J connectivity index is 1.98. The number of rotatable bonds is 8. The average molecular weight is 413 g/mol. The van der Waals surface area contributed by atoms with Gasteiger partial charge in [-0.2, -0.15) is 0 Å². The minimum absolute atomic E-state index is 0.142. The molecular formula is C23H30N3O2S+. The van der Waals surface area contributed by atoms with Gasteiger partial charge in [0, 0.05) is 12.1 Å². The van der Waals surface area contributed by atoms with Gasteiger partial charge in [0.15, 0.2) is 17.7 Å². The molecule has 3 N–H and O–H groups in total. The number of hydrogen-bond acceptors (Lipinski definition) is 3. The standard InChI is InChI=1S/C23H29N3O2S/c1-6-13-24-22(29)26-25-15-18-9-12-20(21(14-18)27-5)28-16-17-7-10-19(11-8-17)23(2,3)4/h6-12,14-15H,1,13,16H2,2-5H3,(H2,24,26,29)/p+1. The second-order valence-electron chi connectivity index (χ2n) is 7.56. The van der Waals surface area contributed by atoms with E-state index in [2.05, 4.69) is 67.5 Å². The zero-order chi connectivity index (χ0) is 21.3. The van der Waals surface area contributed by atoms with Gasteiger partial charge >= 0.3 is 0 Å². The Morgan fingerprint density at radius 1 is 1.14 bits per heavy atom. The molecule has 0 heterocycles. The normalized spacial score (nSPS) is 11.2. The quantitative estimate of drug-likeness (QED) is 0.269. The highest BCUT2D eigenvalue weighted by molar-refractivity contribution is 7.80. The van der Waals surface area contributed by atoms with Gasteiger partial charge in [0.05, 0.1) is 7.11 Å². The lowest BCUT2D eigenvalue weighted by atomic mass is 9.87. The minimum atomic E-state index is 0.142. The summed E-state index contributed by atoms with van der Waals surface area (Å²) in [5, 5.41) is 6.41. The van der Waals surface area contributed by atoms with Gasteiger partial charge in [-0.15, -0.1) is 17.1 Å². The molecular weight excluding hydrogens is 382 g/mol. The number of ether oxygens (including phenoxy) is 2. The van der Waals surface area contributed by atoms with Gasteiger partial charge in [0.25, 0.3) is 0 Å². The maximum absolute atomic E-state index is 5.97. The third-order valence-corrected chi connectivity index (χ3v) is 4.48. The summed E-state index contributed by atoms with van der Waals surface area (Å²) in [6, 6.07) is 14.2. The first kappa shape index (κ1) is 22.4. The van der Waals surface area contributed by atoms with E-state index < -0.39 is 0 Å². The highest BCUT2D eigenvalue weighted by Gasteiger charge is 2.13. The van der Waals surface area contributed by atoms with Gasteiger partial charge in [0.2, 0.25) is 5.11 Å². The molecule has 0 bridgehead atoms. The summed E-state index contributed by atoms with van der Waals surface area (Å²) >= 11 is 5.12. The highest BCUT2D eigenvalue weighted by atomic mass is 32.1. The molecule has 0 saturated carbocycles. The smallest absolute Gasteiger partial charge is 0.224 e. The number of nitrogens with one attached hydrogen (secondary N) is 3. The van der Waals surface area contributed by atoms with Crippen LogP contribution in [0.25, 0.3) is 0 Å². The summed E-state index contributed by atoms with van der Waals surface area (Å²) < 4.78 is 11.4. The van der Waals surface area contributed by atoms with E-state index in [-0.39, 0.29) is 5.41 Å². The van der Waals surface area contributed by atoms with Gasteiger partial charge in [-0.05, 0) is 47.0 Å². The third-order valence-electron chi connectivity index (χ3n) is 4.23. The topological polar surface area (TPSA) is 56.5 Å². The summed E-state index contributed by atoms with van der Waals surface area (Å²) in [6.45, 7) is 11.3. The summed E-state index contributed by atoms with van der Waals surface area (Å²) in [5.74, 6) is 1.36. The molecule has 154 valence electrons. The van der Waals surface area contributed by atoms with Crippen LogP contribution in [-0.2, 0) is 12.0 Å². The van der Waals surface area contributed by atoms with Crippen molar-refractivity contribution in [2.24, 2.45) is 0 Å². The van der Waals surface area contributed by atoms with Crippen molar-refractivity contribution in [1.82, 2.24) is 10.7 Å². The van der Waals surface area contributed by atoms with Crippen LogP contribution >= 0.6 is 12.2 Å². The number of hydrazine groups is 1. The monoisotopic (exact) mass is 412 g/mol. The number of hydrogen-bond donors (Lipinski definition) is 3. The lowest BCUT2D eigenvalue weighted by Gasteiger charge is -2.19. The van der Waals surface area contributed by atoms with E-state index in [1.54, 1.807) is 19.4 Å². The van der Waals surface area contributed by atoms with Gasteiger partial charge in [-0.3, -0.25) is 0 Å². The summed E-state index contributed by atoms with van der Waals surface area (Å²) in [5.41, 5.74) is 6.35. The van der Waals surface area contributed by atoms with E-state index in [1.807, 2.05) is 18.2 Å². The van der Waals surface area contributed by atoms with Crippen LogP contribution in [0.4, 0.5) is 0 Å². The van der Waals surface area contributed by atoms with Crippen molar-refractivity contribution in [2.75, 3.05) is 13.7 Å². The molecule has 0 spiro atoms. The van der Waals surface area contributed by atoms with Crippen LogP contribution in [0.3, 0.4) is 0 Å². The molecule has 2 aromatic rings. The first-order valence-corrected chi connectivity index (χ1v) is 9.88. The van der Waals surface area contributed by atoms with Crippen LogP contribution in [-0.4, -0.2) is 25.0 Å². The Morgan fingerprint density at radius 2 is 1.86 bits per heavy atom. The van der Waals surface area contributed by atoms with Crippen molar-refractivity contribution in [3.05, 3.63) is 71.8 Å². The van der Waals surface area contributed by atoms with Gasteiger partial charge in [-0.25, -0.2) is 0 Å². The summed E-state index contributed by atoms with van der Waals surface area (Å²) in [7, 11) is 1.63. The molecule has 0 unspecified atom stereocenters. The van der Waals surface area contributed by atoms with Crippen molar-refractivity contribution in [3.8, 4) is 11.5 Å². The van der Waals surface area contributed by atoms with E-state index in [4.69, 9.17) is 21.7 Å². The average Bonchev–Trinajstić information content (AvgIpc) is 2.70. The highest BCUT2D eigenvalue weighted by Crippen LogP contribution is 2.28. The molecule has 5 nitrogen and oxygen atoms in total. The number of thiocarbonyl (C=S) groups is 1.